The van der Waals surface area contributed by atoms with Gasteiger partial charge in [-0.3, -0.25) is 37.4 Å². The number of rotatable bonds is 13. The minimum atomic E-state index is -4.68. The van der Waals surface area contributed by atoms with Crippen LogP contribution in [0.2, 0.25) is 0 Å². The molecule has 0 bridgehead atoms. The van der Waals surface area contributed by atoms with Gasteiger partial charge < -0.3 is 9.84 Å². The van der Waals surface area contributed by atoms with E-state index in [0.29, 0.717) is 27.1 Å². The van der Waals surface area contributed by atoms with Crippen molar-refractivity contribution >= 4 is 11.9 Å². The van der Waals surface area contributed by atoms with E-state index in [1.54, 1.807) is 55.5 Å². The highest BCUT2D eigenvalue weighted by Gasteiger charge is 2.33. The second-order valence-electron chi connectivity index (χ2n) is 16.4. The van der Waals surface area contributed by atoms with E-state index >= 15 is 0 Å². The van der Waals surface area contributed by atoms with Gasteiger partial charge in [0.05, 0.1) is 111 Å². The van der Waals surface area contributed by atoms with Crippen molar-refractivity contribution in [3.63, 3.8) is 0 Å². The van der Waals surface area contributed by atoms with Crippen molar-refractivity contribution in [2.75, 3.05) is 6.61 Å². The van der Waals surface area contributed by atoms with Gasteiger partial charge in [-0.05, 0) is 118 Å². The molecule has 0 unspecified atom stereocenters. The van der Waals surface area contributed by atoms with Crippen LogP contribution in [0.4, 0.5) is 26.3 Å². The third-order valence-electron chi connectivity index (χ3n) is 11.7. The predicted octanol–water partition coefficient (Wildman–Crippen LogP) is 7.53. The number of aliphatic carboxylic acids is 1. The van der Waals surface area contributed by atoms with Crippen LogP contribution in [-0.4, -0.2) is 61.5 Å². The van der Waals surface area contributed by atoms with Crippen LogP contribution in [0.15, 0.2) is 141 Å². The zero-order valence-corrected chi connectivity index (χ0v) is 40.1. The lowest BCUT2D eigenvalue weighted by molar-refractivity contribution is -0.143. The second-order valence-corrected chi connectivity index (χ2v) is 16.4. The number of benzene rings is 4. The monoisotopic (exact) mass is 1050 g/mol. The molecule has 4 heterocycles. The molecule has 1 N–H and O–H groups in total. The summed E-state index contributed by atoms with van der Waals surface area (Å²) in [6, 6.07) is 27.9. The van der Waals surface area contributed by atoms with Gasteiger partial charge in [0.25, 0.3) is 11.1 Å². The number of carboxylic acids is 1. The first-order chi connectivity index (χ1) is 36.1. The Morgan fingerprint density at radius 1 is 0.592 bits per heavy atom. The standard InChI is InChI=1S/C27H22F3N5O4.C25H18F3N5O4/c1-3-39-23(36)12-14-33-25(37)24(22-11-13-32-35(22)20-9-7-18(16-31)8-10-20)17(2)34(26(33)38)21-6-4-5-19(15-21)27(28,29)30;1-15-22(20-9-11-30-33(20)18-7-5-16(14-29)6-8-18)23(36)31(12-10-21(34)35)24(37)32(15)19-4-2-3-17(13-19)25(26,27)28/h4-11,13,15H,3,12,14H2,1-2H3;2-9,11,13H,10,12H2,1H3,(H,34,35). The summed E-state index contributed by atoms with van der Waals surface area (Å²) < 4.78 is 91.8. The lowest BCUT2D eigenvalue weighted by Gasteiger charge is -2.19. The van der Waals surface area contributed by atoms with E-state index in [9.17, 15) is 55.1 Å². The lowest BCUT2D eigenvalue weighted by atomic mass is 10.1. The number of hydrogen-bond acceptors (Lipinski definition) is 11. The fourth-order valence-electron chi connectivity index (χ4n) is 8.13. The minimum Gasteiger partial charge on any atom is -0.481 e. The molecule has 4 aromatic carbocycles. The normalized spacial score (nSPS) is 11.3. The minimum absolute atomic E-state index is 0.00210. The van der Waals surface area contributed by atoms with E-state index in [2.05, 4.69) is 10.2 Å². The molecule has 4 aromatic heterocycles. The molecule has 0 saturated carbocycles. The summed E-state index contributed by atoms with van der Waals surface area (Å²) >= 11 is 0. The van der Waals surface area contributed by atoms with Crippen molar-refractivity contribution in [1.82, 2.24) is 37.8 Å². The van der Waals surface area contributed by atoms with E-state index in [-0.39, 0.29) is 64.8 Å². The average Bonchev–Trinajstić information content (AvgIpc) is 4.09. The van der Waals surface area contributed by atoms with Crippen molar-refractivity contribution in [3.8, 4) is 57.4 Å². The quantitative estimate of drug-likeness (QED) is 0.0872. The van der Waals surface area contributed by atoms with Gasteiger partial charge in [-0.2, -0.15) is 47.1 Å². The number of carboxylic acid groups (broad SMARTS) is 1. The Bertz CT molecular complexity index is 3850. The van der Waals surface area contributed by atoms with Crippen LogP contribution in [-0.2, 0) is 39.8 Å². The smallest absolute Gasteiger partial charge is 0.416 e. The summed E-state index contributed by atoms with van der Waals surface area (Å²) in [7, 11) is 0. The van der Waals surface area contributed by atoms with Crippen LogP contribution < -0.4 is 22.5 Å². The van der Waals surface area contributed by atoms with E-state index in [4.69, 9.17) is 20.4 Å². The first kappa shape index (κ1) is 53.9. The predicted molar refractivity (Wildman–Crippen MR) is 260 cm³/mol. The Labute approximate surface area is 425 Å². The first-order valence-corrected chi connectivity index (χ1v) is 22.6. The molecule has 18 nitrogen and oxygen atoms in total. The maximum atomic E-state index is 13.7. The lowest BCUT2D eigenvalue weighted by Crippen LogP contribution is -2.42. The molecule has 8 rings (SSSR count). The number of alkyl halides is 6. The average molecular weight is 1050 g/mol. The summed E-state index contributed by atoms with van der Waals surface area (Å²) in [6.45, 7) is 3.72. The third-order valence-corrected chi connectivity index (χ3v) is 11.7. The number of nitrogens with zero attached hydrogens (tertiary/aromatic N) is 10. The van der Waals surface area contributed by atoms with E-state index < -0.39 is 70.9 Å². The van der Waals surface area contributed by atoms with Crippen LogP contribution in [0.3, 0.4) is 0 Å². The molecule has 0 amide bonds. The maximum absolute atomic E-state index is 13.7. The van der Waals surface area contributed by atoms with Crippen LogP contribution in [0.1, 0.15) is 53.4 Å². The molecule has 0 fully saturated rings. The molecular formula is C52H40F6N10O8. The number of carbonyl (C=O) groups is 2. The number of halogens is 6. The fourth-order valence-corrected chi connectivity index (χ4v) is 8.13. The molecule has 0 atom stereocenters. The van der Waals surface area contributed by atoms with Gasteiger partial charge in [0.2, 0.25) is 0 Å². The molecule has 8 aromatic rings. The molecule has 388 valence electrons. The summed E-state index contributed by atoms with van der Waals surface area (Å²) in [5, 5.41) is 35.8. The number of nitriles is 2. The van der Waals surface area contributed by atoms with Crippen molar-refractivity contribution in [3.05, 3.63) is 197 Å². The van der Waals surface area contributed by atoms with E-state index in [1.165, 1.54) is 65.9 Å². The Morgan fingerprint density at radius 2 is 0.987 bits per heavy atom. The Kier molecular flexibility index (Phi) is 15.7. The zero-order valence-electron chi connectivity index (χ0n) is 40.1. The van der Waals surface area contributed by atoms with Gasteiger partial charge in [-0.15, -0.1) is 0 Å². The van der Waals surface area contributed by atoms with Gasteiger partial charge >= 0.3 is 35.7 Å². The molecule has 0 aliphatic rings. The molecule has 0 aliphatic heterocycles. The van der Waals surface area contributed by atoms with E-state index in [1.807, 2.05) is 12.1 Å². The highest BCUT2D eigenvalue weighted by atomic mass is 19.4. The van der Waals surface area contributed by atoms with Crippen molar-refractivity contribution < 1.29 is 45.8 Å². The largest absolute Gasteiger partial charge is 0.481 e. The molecule has 24 heteroatoms. The Hall–Kier alpha value is -9.84. The number of carbonyl (C=O) groups excluding carboxylic acids is 1. The first-order valence-electron chi connectivity index (χ1n) is 22.6. The van der Waals surface area contributed by atoms with Gasteiger partial charge in [0.15, 0.2) is 0 Å². The molecule has 0 aliphatic carbocycles. The molecular weight excluding hydrogens is 1010 g/mol. The molecule has 0 radical (unpaired) electrons. The van der Waals surface area contributed by atoms with Gasteiger partial charge in [0, 0.05) is 24.5 Å². The second kappa shape index (κ2) is 22.1. The van der Waals surface area contributed by atoms with Crippen LogP contribution in [0, 0.1) is 36.5 Å². The highest BCUT2D eigenvalue weighted by Crippen LogP contribution is 2.33. The summed E-state index contributed by atoms with van der Waals surface area (Å²) in [6.07, 6.45) is -7.38. The topological polar surface area (TPSA) is 235 Å². The number of aromatic nitrogens is 8. The number of esters is 1. The van der Waals surface area contributed by atoms with Crippen LogP contribution >= 0.6 is 0 Å². The summed E-state index contributed by atoms with van der Waals surface area (Å²) in [5.41, 5.74) is -3.36. The molecule has 0 spiro atoms. The summed E-state index contributed by atoms with van der Waals surface area (Å²) in [4.78, 5) is 77.3. The van der Waals surface area contributed by atoms with Crippen LogP contribution in [0.5, 0.6) is 0 Å². The fraction of sp³-hybridized carbons (Fsp3) is 0.192. The zero-order chi connectivity index (χ0) is 55.2. The van der Waals surface area contributed by atoms with Crippen molar-refractivity contribution in [2.24, 2.45) is 0 Å². The van der Waals surface area contributed by atoms with Gasteiger partial charge in [-0.1, -0.05) is 12.1 Å². The van der Waals surface area contributed by atoms with Gasteiger partial charge in [0.1, 0.15) is 0 Å². The Morgan fingerprint density at radius 3 is 1.34 bits per heavy atom. The number of hydrogen-bond donors (Lipinski definition) is 1. The van der Waals surface area contributed by atoms with Crippen molar-refractivity contribution in [1.29, 1.82) is 10.5 Å². The molecule has 76 heavy (non-hydrogen) atoms. The number of ether oxygens (including phenoxy) is 1. The van der Waals surface area contributed by atoms with Crippen LogP contribution in [0.25, 0.3) is 45.3 Å². The SMILES string of the molecule is CCOC(=O)CCn1c(=O)c(-c2ccnn2-c2ccc(C#N)cc2)c(C)n(-c2cccc(C(F)(F)F)c2)c1=O.Cc1c(-c2ccnn2-c2ccc(C#N)cc2)c(=O)n(CCC(=O)O)c(=O)n1-c1cccc(C(F)(F)F)c1. The summed E-state index contributed by atoms with van der Waals surface area (Å²) in [5.74, 6) is -1.90. The maximum Gasteiger partial charge on any atom is 0.416 e. The van der Waals surface area contributed by atoms with Gasteiger partial charge in [-0.25, -0.2) is 19.0 Å². The third kappa shape index (κ3) is 11.2. The Balaban J connectivity index is 0.000000221. The highest BCUT2D eigenvalue weighted by molar-refractivity contribution is 5.70. The van der Waals surface area contributed by atoms with Crippen molar-refractivity contribution in [2.45, 2.75) is 59.1 Å². The molecule has 0 saturated heterocycles. The van der Waals surface area contributed by atoms with E-state index in [0.717, 1.165) is 44.0 Å².